The van der Waals surface area contributed by atoms with E-state index in [1.807, 2.05) is 43.1 Å². The fourth-order valence-corrected chi connectivity index (χ4v) is 2.96. The summed E-state index contributed by atoms with van der Waals surface area (Å²) in [6, 6.07) is 6.51. The van der Waals surface area contributed by atoms with Crippen LogP contribution in [0.2, 0.25) is 0 Å². The molecule has 1 aliphatic rings. The highest BCUT2D eigenvalue weighted by Crippen LogP contribution is 2.14. The van der Waals surface area contributed by atoms with Crippen LogP contribution in [-0.4, -0.2) is 44.7 Å². The number of hydrogen-bond acceptors (Lipinski definition) is 4. The van der Waals surface area contributed by atoms with Gasteiger partial charge < -0.3 is 5.32 Å². The van der Waals surface area contributed by atoms with Crippen molar-refractivity contribution in [3.05, 3.63) is 48.0 Å². The molecule has 1 saturated heterocycles. The zero-order valence-electron chi connectivity index (χ0n) is 14.4. The Morgan fingerprint density at radius 3 is 2.75 bits per heavy atom. The predicted octanol–water partition coefficient (Wildman–Crippen LogP) is 2.25. The van der Waals surface area contributed by atoms with E-state index >= 15 is 0 Å². The summed E-state index contributed by atoms with van der Waals surface area (Å²) in [5.74, 6) is -0.0231. The number of hydrogen-bond donors (Lipinski definition) is 1. The summed E-state index contributed by atoms with van der Waals surface area (Å²) >= 11 is 0. The van der Waals surface area contributed by atoms with Gasteiger partial charge in [0.15, 0.2) is 0 Å². The highest BCUT2D eigenvalue weighted by atomic mass is 16.1. The van der Waals surface area contributed by atoms with Crippen molar-refractivity contribution < 1.29 is 4.79 Å². The van der Waals surface area contributed by atoms with Gasteiger partial charge in [-0.1, -0.05) is 6.07 Å². The van der Waals surface area contributed by atoms with Gasteiger partial charge >= 0.3 is 0 Å². The van der Waals surface area contributed by atoms with Crippen LogP contribution in [0.5, 0.6) is 0 Å². The van der Waals surface area contributed by atoms with E-state index < -0.39 is 0 Å². The van der Waals surface area contributed by atoms with Crippen LogP contribution in [0, 0.1) is 0 Å². The van der Waals surface area contributed by atoms with Gasteiger partial charge in [-0.2, -0.15) is 5.10 Å². The van der Waals surface area contributed by atoms with Crippen LogP contribution in [0.3, 0.4) is 0 Å². The van der Waals surface area contributed by atoms with E-state index in [0.29, 0.717) is 5.56 Å². The summed E-state index contributed by atoms with van der Waals surface area (Å²) in [5.41, 5.74) is 1.74. The molecule has 1 amide bonds. The third-order valence-corrected chi connectivity index (χ3v) is 4.43. The number of nitrogens with zero attached hydrogens (tertiary/aromatic N) is 4. The lowest BCUT2D eigenvalue weighted by molar-refractivity contribution is 0.0908. The number of aromatic nitrogens is 3. The van der Waals surface area contributed by atoms with Crippen LogP contribution in [0.1, 0.15) is 48.8 Å². The van der Waals surface area contributed by atoms with Crippen LogP contribution < -0.4 is 5.32 Å². The molecule has 0 aromatic carbocycles. The molecule has 1 N–H and O–H groups in total. The minimum absolute atomic E-state index is 0.0231. The molecule has 128 valence electrons. The number of pyridine rings is 1. The Kier molecular flexibility index (Phi) is 5.25. The summed E-state index contributed by atoms with van der Waals surface area (Å²) in [6.07, 6.45) is 7.23. The summed E-state index contributed by atoms with van der Waals surface area (Å²) in [7, 11) is 0. The minimum atomic E-state index is -0.0231. The van der Waals surface area contributed by atoms with E-state index in [2.05, 4.69) is 26.4 Å². The van der Waals surface area contributed by atoms with Crippen molar-refractivity contribution in [1.82, 2.24) is 25.0 Å². The van der Waals surface area contributed by atoms with E-state index in [-0.39, 0.29) is 18.0 Å². The summed E-state index contributed by atoms with van der Waals surface area (Å²) in [4.78, 5) is 19.1. The molecule has 0 spiro atoms. The highest BCUT2D eigenvalue weighted by Gasteiger charge is 2.22. The maximum atomic E-state index is 12.3. The third-order valence-electron chi connectivity index (χ3n) is 4.43. The molecule has 24 heavy (non-hydrogen) atoms. The van der Waals surface area contributed by atoms with Crippen molar-refractivity contribution in [2.75, 3.05) is 13.1 Å². The Bertz CT molecular complexity index is 659. The lowest BCUT2D eigenvalue weighted by atomic mass is 10.0. The lowest BCUT2D eigenvalue weighted by Crippen LogP contribution is -2.44. The Hall–Kier alpha value is -2.21. The van der Waals surface area contributed by atoms with Crippen LogP contribution in [0.15, 0.2) is 36.8 Å². The average molecular weight is 327 g/mol. The number of carbonyl (C=O) groups excluding carboxylic acids is 1. The smallest absolute Gasteiger partial charge is 0.254 e. The lowest BCUT2D eigenvalue weighted by Gasteiger charge is -2.32. The maximum Gasteiger partial charge on any atom is 0.254 e. The molecule has 1 fully saturated rings. The zero-order chi connectivity index (χ0) is 16.9. The predicted molar refractivity (Wildman–Crippen MR) is 92.6 cm³/mol. The van der Waals surface area contributed by atoms with Gasteiger partial charge in [0, 0.05) is 44.1 Å². The quantitative estimate of drug-likeness (QED) is 0.915. The van der Waals surface area contributed by atoms with E-state index in [4.69, 9.17) is 0 Å². The zero-order valence-corrected chi connectivity index (χ0v) is 14.4. The normalized spacial score (nSPS) is 16.5. The molecule has 3 rings (SSSR count). The molecular weight excluding hydrogens is 302 g/mol. The fourth-order valence-electron chi connectivity index (χ4n) is 2.96. The van der Waals surface area contributed by atoms with E-state index in [1.54, 1.807) is 6.20 Å². The number of amides is 1. The number of nitrogens with one attached hydrogen (secondary N) is 1. The van der Waals surface area contributed by atoms with Gasteiger partial charge in [0.1, 0.15) is 0 Å². The first-order valence-electron chi connectivity index (χ1n) is 8.59. The van der Waals surface area contributed by atoms with Crippen molar-refractivity contribution in [3.63, 3.8) is 0 Å². The number of piperidine rings is 1. The van der Waals surface area contributed by atoms with Gasteiger partial charge in [0.25, 0.3) is 5.91 Å². The second-order valence-corrected chi connectivity index (χ2v) is 6.65. The van der Waals surface area contributed by atoms with Crippen LogP contribution in [-0.2, 0) is 6.54 Å². The van der Waals surface area contributed by atoms with Crippen LogP contribution in [0.4, 0.5) is 0 Å². The van der Waals surface area contributed by atoms with Gasteiger partial charge in [-0.05, 0) is 38.8 Å². The van der Waals surface area contributed by atoms with Gasteiger partial charge in [-0.25, -0.2) is 0 Å². The molecule has 0 unspecified atom stereocenters. The monoisotopic (exact) mass is 327 g/mol. The Morgan fingerprint density at radius 1 is 1.33 bits per heavy atom. The molecule has 0 radical (unpaired) electrons. The van der Waals surface area contributed by atoms with Gasteiger partial charge in [0.05, 0.1) is 17.5 Å². The van der Waals surface area contributed by atoms with Crippen molar-refractivity contribution in [2.24, 2.45) is 0 Å². The van der Waals surface area contributed by atoms with Crippen molar-refractivity contribution in [1.29, 1.82) is 0 Å². The second kappa shape index (κ2) is 7.57. The molecular formula is C18H25N5O. The van der Waals surface area contributed by atoms with Crippen LogP contribution in [0.25, 0.3) is 0 Å². The first-order chi connectivity index (χ1) is 11.6. The number of carbonyl (C=O) groups is 1. The SMILES string of the molecule is CC(C)n1cc(C(=O)NC2CCN(Cc3ccccn3)CC2)cn1. The Balaban J connectivity index is 1.47. The maximum absolute atomic E-state index is 12.3. The summed E-state index contributed by atoms with van der Waals surface area (Å²) < 4.78 is 1.81. The third kappa shape index (κ3) is 4.20. The Labute approximate surface area is 142 Å². The van der Waals surface area contributed by atoms with Gasteiger partial charge in [0.2, 0.25) is 0 Å². The second-order valence-electron chi connectivity index (χ2n) is 6.65. The van der Waals surface area contributed by atoms with Crippen LogP contribution >= 0.6 is 0 Å². The van der Waals surface area contributed by atoms with Gasteiger partial charge in [-0.3, -0.25) is 19.4 Å². The van der Waals surface area contributed by atoms with Crippen molar-refractivity contribution >= 4 is 5.91 Å². The van der Waals surface area contributed by atoms with Crippen molar-refractivity contribution in [3.8, 4) is 0 Å². The topological polar surface area (TPSA) is 63.1 Å². The molecule has 6 nitrogen and oxygen atoms in total. The highest BCUT2D eigenvalue weighted by molar-refractivity contribution is 5.93. The molecule has 0 bridgehead atoms. The number of rotatable bonds is 5. The molecule has 1 aliphatic heterocycles. The molecule has 0 atom stereocenters. The summed E-state index contributed by atoms with van der Waals surface area (Å²) in [6.45, 7) is 6.93. The standard InChI is InChI=1S/C18H25N5O/c1-14(2)23-12-15(11-20-23)18(24)21-16-6-9-22(10-7-16)13-17-5-3-4-8-19-17/h3-5,8,11-12,14,16H,6-7,9-10,13H2,1-2H3,(H,21,24). The molecule has 2 aromatic rings. The molecule has 6 heteroatoms. The summed E-state index contributed by atoms with van der Waals surface area (Å²) in [5, 5.41) is 7.37. The first-order valence-corrected chi connectivity index (χ1v) is 8.59. The van der Waals surface area contributed by atoms with E-state index in [0.717, 1.165) is 38.2 Å². The largest absolute Gasteiger partial charge is 0.349 e. The van der Waals surface area contributed by atoms with E-state index in [1.165, 1.54) is 0 Å². The molecule has 3 heterocycles. The van der Waals surface area contributed by atoms with Gasteiger partial charge in [-0.15, -0.1) is 0 Å². The van der Waals surface area contributed by atoms with Crippen molar-refractivity contribution in [2.45, 2.75) is 45.3 Å². The molecule has 0 aliphatic carbocycles. The van der Waals surface area contributed by atoms with E-state index in [9.17, 15) is 4.79 Å². The molecule has 0 saturated carbocycles. The molecule has 2 aromatic heterocycles. The number of likely N-dealkylation sites (tertiary alicyclic amines) is 1. The minimum Gasteiger partial charge on any atom is -0.349 e. The first kappa shape index (κ1) is 16.6. The fraction of sp³-hybridized carbons (Fsp3) is 0.500. The average Bonchev–Trinajstić information content (AvgIpc) is 3.08. The Morgan fingerprint density at radius 2 is 2.12 bits per heavy atom.